The van der Waals surface area contributed by atoms with E-state index in [9.17, 15) is 17.6 Å². The third-order valence-corrected chi connectivity index (χ3v) is 8.23. The van der Waals surface area contributed by atoms with Crippen molar-refractivity contribution in [2.75, 3.05) is 19.8 Å². The van der Waals surface area contributed by atoms with Crippen LogP contribution in [-0.4, -0.2) is 31.8 Å². The third-order valence-electron chi connectivity index (χ3n) is 8.23. The van der Waals surface area contributed by atoms with E-state index in [1.165, 1.54) is 50.7 Å². The minimum atomic E-state index is -2.90. The van der Waals surface area contributed by atoms with Gasteiger partial charge in [-0.1, -0.05) is 46.0 Å². The van der Waals surface area contributed by atoms with E-state index in [4.69, 9.17) is 14.2 Å². The Labute approximate surface area is 220 Å². The van der Waals surface area contributed by atoms with Crippen LogP contribution in [0.1, 0.15) is 104 Å². The first-order valence-electron chi connectivity index (χ1n) is 14.6. The average molecular weight is 531 g/mol. The number of unbranched alkanes of at least 4 members (excludes halogenated alkanes) is 4. The summed E-state index contributed by atoms with van der Waals surface area (Å²) in [7, 11) is 0. The van der Waals surface area contributed by atoms with E-state index in [0.717, 1.165) is 38.7 Å². The normalized spacial score (nSPS) is 24.7. The van der Waals surface area contributed by atoms with Gasteiger partial charge in [-0.15, -0.1) is 0 Å². The molecule has 0 spiro atoms. The molecule has 7 heteroatoms. The van der Waals surface area contributed by atoms with Crippen molar-refractivity contribution in [2.45, 2.75) is 116 Å². The topological polar surface area (TPSA) is 27.7 Å². The molecule has 1 aromatic carbocycles. The van der Waals surface area contributed by atoms with Gasteiger partial charge in [-0.2, -0.15) is 8.78 Å². The summed E-state index contributed by atoms with van der Waals surface area (Å²) in [6.07, 6.45) is 12.3. The van der Waals surface area contributed by atoms with Crippen LogP contribution in [0.2, 0.25) is 0 Å². The van der Waals surface area contributed by atoms with Crippen molar-refractivity contribution in [1.82, 2.24) is 0 Å². The highest BCUT2D eigenvalue weighted by atomic mass is 19.3. The molecule has 2 aliphatic rings. The summed E-state index contributed by atoms with van der Waals surface area (Å²) < 4.78 is 75.0. The molecule has 37 heavy (non-hydrogen) atoms. The molecule has 0 radical (unpaired) electrons. The highest BCUT2D eigenvalue weighted by Crippen LogP contribution is 2.43. The van der Waals surface area contributed by atoms with Gasteiger partial charge in [0.25, 0.3) is 5.92 Å². The van der Waals surface area contributed by atoms with Gasteiger partial charge in [-0.05, 0) is 75.3 Å². The lowest BCUT2D eigenvalue weighted by molar-refractivity contribution is -0.105. The predicted molar refractivity (Wildman–Crippen MR) is 138 cm³/mol. The van der Waals surface area contributed by atoms with Gasteiger partial charge < -0.3 is 14.2 Å². The lowest BCUT2D eigenvalue weighted by Gasteiger charge is -2.39. The average Bonchev–Trinajstić information content (AvgIpc) is 2.91. The zero-order valence-electron chi connectivity index (χ0n) is 22.7. The monoisotopic (exact) mass is 530 g/mol. The van der Waals surface area contributed by atoms with Crippen molar-refractivity contribution >= 4 is 0 Å². The summed E-state index contributed by atoms with van der Waals surface area (Å²) >= 11 is 0. The first kappa shape index (κ1) is 30.0. The molecule has 1 saturated carbocycles. The van der Waals surface area contributed by atoms with E-state index in [2.05, 4.69) is 6.92 Å². The Morgan fingerprint density at radius 3 is 2.05 bits per heavy atom. The second-order valence-corrected chi connectivity index (χ2v) is 11.0. The smallest absolute Gasteiger partial charge is 0.254 e. The summed E-state index contributed by atoms with van der Waals surface area (Å²) in [5.74, 6) is -5.50. The van der Waals surface area contributed by atoms with Crippen LogP contribution in [0.3, 0.4) is 0 Å². The fourth-order valence-electron chi connectivity index (χ4n) is 5.76. The standard InChI is InChI=1S/C30H46F4O3/c1-3-5-7-8-9-22-10-15-25(37-21-22)23-11-13-24(14-12-23)30(33,34)18-20-36-27-17-16-26(28(31)29(27)32)35-19-6-4-2/h16-17,22-25H,3-15,18-21H2,1-2H3. The summed E-state index contributed by atoms with van der Waals surface area (Å²) in [4.78, 5) is 0. The molecule has 0 amide bonds. The van der Waals surface area contributed by atoms with Gasteiger partial charge in [-0.3, -0.25) is 0 Å². The van der Waals surface area contributed by atoms with Gasteiger partial charge >= 0.3 is 0 Å². The van der Waals surface area contributed by atoms with Crippen molar-refractivity contribution in [3.05, 3.63) is 23.8 Å². The molecule has 212 valence electrons. The molecule has 1 saturated heterocycles. The highest BCUT2D eigenvalue weighted by Gasteiger charge is 2.42. The van der Waals surface area contributed by atoms with Crippen LogP contribution < -0.4 is 9.47 Å². The molecule has 1 aliphatic heterocycles. The van der Waals surface area contributed by atoms with Crippen LogP contribution in [0.4, 0.5) is 17.6 Å². The Morgan fingerprint density at radius 1 is 0.811 bits per heavy atom. The molecular weight excluding hydrogens is 484 g/mol. The molecule has 1 aliphatic carbocycles. The largest absolute Gasteiger partial charge is 0.490 e. The maximum absolute atomic E-state index is 14.9. The minimum absolute atomic E-state index is 0.190. The molecule has 3 rings (SSSR count). The van der Waals surface area contributed by atoms with Crippen molar-refractivity contribution < 1.29 is 31.8 Å². The third kappa shape index (κ3) is 9.04. The molecule has 1 heterocycles. The van der Waals surface area contributed by atoms with Crippen LogP contribution in [0.25, 0.3) is 0 Å². The van der Waals surface area contributed by atoms with Crippen molar-refractivity contribution in [3.63, 3.8) is 0 Å². The zero-order valence-corrected chi connectivity index (χ0v) is 22.7. The molecule has 2 fully saturated rings. The molecule has 2 unspecified atom stereocenters. The molecule has 1 aromatic rings. The van der Waals surface area contributed by atoms with Crippen molar-refractivity contribution in [2.24, 2.45) is 17.8 Å². The summed E-state index contributed by atoms with van der Waals surface area (Å²) in [5, 5.41) is 0. The second-order valence-electron chi connectivity index (χ2n) is 11.0. The summed E-state index contributed by atoms with van der Waals surface area (Å²) in [6.45, 7) is 4.92. The van der Waals surface area contributed by atoms with E-state index in [1.807, 2.05) is 6.92 Å². The lowest BCUT2D eigenvalue weighted by Crippen LogP contribution is -2.38. The second kappa shape index (κ2) is 15.2. The van der Waals surface area contributed by atoms with E-state index >= 15 is 0 Å². The number of benzene rings is 1. The predicted octanol–water partition coefficient (Wildman–Crippen LogP) is 9.12. The first-order chi connectivity index (χ1) is 17.9. The highest BCUT2D eigenvalue weighted by molar-refractivity contribution is 5.35. The van der Waals surface area contributed by atoms with Gasteiger partial charge in [0.2, 0.25) is 11.6 Å². The van der Waals surface area contributed by atoms with Crippen LogP contribution in [0, 0.1) is 29.4 Å². The van der Waals surface area contributed by atoms with E-state index < -0.39 is 29.9 Å². The summed E-state index contributed by atoms with van der Waals surface area (Å²) in [6, 6.07) is 2.52. The van der Waals surface area contributed by atoms with Crippen LogP contribution in [-0.2, 0) is 4.74 Å². The Hall–Kier alpha value is -1.50. The van der Waals surface area contributed by atoms with Crippen molar-refractivity contribution in [1.29, 1.82) is 0 Å². The Bertz CT molecular complexity index is 787. The fourth-order valence-corrected chi connectivity index (χ4v) is 5.76. The number of rotatable bonds is 15. The van der Waals surface area contributed by atoms with Crippen LogP contribution in [0.15, 0.2) is 12.1 Å². The van der Waals surface area contributed by atoms with E-state index in [1.54, 1.807) is 0 Å². The maximum atomic E-state index is 14.9. The molecule has 0 aromatic heterocycles. The number of hydrogen-bond acceptors (Lipinski definition) is 3. The van der Waals surface area contributed by atoms with Crippen molar-refractivity contribution in [3.8, 4) is 11.5 Å². The molecule has 2 atom stereocenters. The fraction of sp³-hybridized carbons (Fsp3) is 0.800. The maximum Gasteiger partial charge on any atom is 0.254 e. The Morgan fingerprint density at radius 2 is 1.46 bits per heavy atom. The van der Waals surface area contributed by atoms with Gasteiger partial charge in [0.05, 0.1) is 19.3 Å². The van der Waals surface area contributed by atoms with Gasteiger partial charge in [0.15, 0.2) is 11.5 Å². The van der Waals surface area contributed by atoms with Crippen LogP contribution in [0.5, 0.6) is 11.5 Å². The van der Waals surface area contributed by atoms with E-state index in [-0.39, 0.29) is 30.8 Å². The molecule has 3 nitrogen and oxygen atoms in total. The SMILES string of the molecule is CCCCCCC1CCC(C2CCC(C(F)(F)CCOc3ccc(OCCCC)c(F)c3F)CC2)OC1. The number of ether oxygens (including phenoxy) is 3. The van der Waals surface area contributed by atoms with Crippen LogP contribution >= 0.6 is 0 Å². The lowest BCUT2D eigenvalue weighted by atomic mass is 9.74. The zero-order chi connectivity index (χ0) is 26.7. The Kier molecular flexibility index (Phi) is 12.3. The number of hydrogen-bond donors (Lipinski definition) is 0. The van der Waals surface area contributed by atoms with E-state index in [0.29, 0.717) is 24.7 Å². The number of alkyl halides is 2. The van der Waals surface area contributed by atoms with Gasteiger partial charge in [-0.25, -0.2) is 8.78 Å². The minimum Gasteiger partial charge on any atom is -0.490 e. The molecular formula is C30H46F4O3. The Balaban J connectivity index is 1.37. The quantitative estimate of drug-likeness (QED) is 0.167. The first-order valence-corrected chi connectivity index (χ1v) is 14.6. The molecule has 0 N–H and O–H groups in total. The molecule has 0 bridgehead atoms. The van der Waals surface area contributed by atoms with Gasteiger partial charge in [0, 0.05) is 18.9 Å². The summed E-state index contributed by atoms with van der Waals surface area (Å²) in [5.41, 5.74) is 0. The van der Waals surface area contributed by atoms with Gasteiger partial charge in [0.1, 0.15) is 0 Å². The number of halogens is 4.